The highest BCUT2D eigenvalue weighted by atomic mass is 16.5. The normalized spacial score (nSPS) is 15.6. The van der Waals surface area contributed by atoms with Crippen LogP contribution in [0.5, 0.6) is 0 Å². The zero-order valence-corrected chi connectivity index (χ0v) is 15.0. The fourth-order valence-electron chi connectivity index (χ4n) is 3.00. The Bertz CT molecular complexity index is 600. The number of H-pyrrole nitrogens is 1. The van der Waals surface area contributed by atoms with Crippen molar-refractivity contribution in [3.05, 3.63) is 22.5 Å². The van der Waals surface area contributed by atoms with Crippen molar-refractivity contribution in [3.63, 3.8) is 0 Å². The van der Waals surface area contributed by atoms with Crippen LogP contribution < -0.4 is 0 Å². The van der Waals surface area contributed by atoms with Crippen molar-refractivity contribution >= 4 is 11.9 Å². The molecule has 0 spiro atoms. The van der Waals surface area contributed by atoms with Gasteiger partial charge in [0.1, 0.15) is 5.69 Å². The second kappa shape index (κ2) is 6.77. The number of amides is 1. The van der Waals surface area contributed by atoms with E-state index >= 15 is 0 Å². The Labute approximate surface area is 138 Å². The van der Waals surface area contributed by atoms with Gasteiger partial charge in [0, 0.05) is 17.8 Å². The second-order valence-electron chi connectivity index (χ2n) is 6.75. The fourth-order valence-corrected chi connectivity index (χ4v) is 3.00. The summed E-state index contributed by atoms with van der Waals surface area (Å²) in [6.07, 6.45) is 2.78. The number of hydrogen-bond donors (Lipinski definition) is 1. The van der Waals surface area contributed by atoms with Crippen LogP contribution in [0.2, 0.25) is 0 Å². The topological polar surface area (TPSA) is 62.4 Å². The number of aromatic amines is 1. The van der Waals surface area contributed by atoms with E-state index < -0.39 is 0 Å². The van der Waals surface area contributed by atoms with Gasteiger partial charge in [-0.25, -0.2) is 4.79 Å². The molecule has 128 valence electrons. The van der Waals surface area contributed by atoms with Crippen LogP contribution in [0.3, 0.4) is 0 Å². The monoisotopic (exact) mass is 320 g/mol. The first kappa shape index (κ1) is 17.6. The van der Waals surface area contributed by atoms with Crippen molar-refractivity contribution in [1.82, 2.24) is 9.88 Å². The van der Waals surface area contributed by atoms with Gasteiger partial charge in [-0.3, -0.25) is 4.79 Å². The number of nitrogens with one attached hydrogen (secondary N) is 1. The smallest absolute Gasteiger partial charge is 0.339 e. The van der Waals surface area contributed by atoms with E-state index in [1.165, 1.54) is 7.11 Å². The average Bonchev–Trinajstić information content (AvgIpc) is 3.29. The van der Waals surface area contributed by atoms with Crippen LogP contribution >= 0.6 is 0 Å². The summed E-state index contributed by atoms with van der Waals surface area (Å²) < 4.78 is 4.87. The van der Waals surface area contributed by atoms with Gasteiger partial charge in [-0.15, -0.1) is 0 Å². The van der Waals surface area contributed by atoms with Crippen molar-refractivity contribution in [1.29, 1.82) is 0 Å². The SMILES string of the molecule is CCc1[nH]c(C(=O)N(C2CC2)[C@@H](C)C(C)C)c(C)c1C(=O)OC. The van der Waals surface area contributed by atoms with Gasteiger partial charge in [0.15, 0.2) is 0 Å². The van der Waals surface area contributed by atoms with Gasteiger partial charge in [0.2, 0.25) is 0 Å². The molecule has 5 nitrogen and oxygen atoms in total. The maximum Gasteiger partial charge on any atom is 0.339 e. The third kappa shape index (κ3) is 3.28. The summed E-state index contributed by atoms with van der Waals surface area (Å²) in [7, 11) is 1.37. The number of esters is 1. The molecule has 1 aromatic heterocycles. The molecule has 2 rings (SSSR count). The molecular weight excluding hydrogens is 292 g/mol. The molecule has 5 heteroatoms. The van der Waals surface area contributed by atoms with E-state index in [4.69, 9.17) is 4.74 Å². The number of carbonyl (C=O) groups is 2. The van der Waals surface area contributed by atoms with Gasteiger partial charge in [-0.1, -0.05) is 20.8 Å². The molecule has 23 heavy (non-hydrogen) atoms. The minimum Gasteiger partial charge on any atom is -0.465 e. The zero-order chi connectivity index (χ0) is 17.3. The van der Waals surface area contributed by atoms with Crippen molar-refractivity contribution in [2.24, 2.45) is 5.92 Å². The van der Waals surface area contributed by atoms with E-state index in [1.807, 2.05) is 18.7 Å². The molecule has 1 amide bonds. The van der Waals surface area contributed by atoms with Crippen molar-refractivity contribution in [3.8, 4) is 0 Å². The summed E-state index contributed by atoms with van der Waals surface area (Å²) >= 11 is 0. The first-order chi connectivity index (χ1) is 10.8. The number of aromatic nitrogens is 1. The molecule has 1 saturated carbocycles. The number of carbonyl (C=O) groups excluding carboxylic acids is 2. The van der Waals surface area contributed by atoms with Gasteiger partial charge < -0.3 is 14.6 Å². The third-order valence-corrected chi connectivity index (χ3v) is 4.86. The molecule has 1 aromatic rings. The van der Waals surface area contributed by atoms with Gasteiger partial charge in [-0.2, -0.15) is 0 Å². The number of hydrogen-bond acceptors (Lipinski definition) is 3. The van der Waals surface area contributed by atoms with Gasteiger partial charge >= 0.3 is 5.97 Å². The highest BCUT2D eigenvalue weighted by Gasteiger charge is 2.38. The Morgan fingerprint density at radius 2 is 1.91 bits per heavy atom. The number of aryl methyl sites for hydroxylation is 1. The zero-order valence-electron chi connectivity index (χ0n) is 15.0. The molecule has 1 aliphatic carbocycles. The lowest BCUT2D eigenvalue weighted by molar-refractivity contribution is 0.0598. The van der Waals surface area contributed by atoms with Crippen LogP contribution in [0.4, 0.5) is 0 Å². The average molecular weight is 320 g/mol. The molecule has 1 heterocycles. The molecular formula is C18H28N2O3. The summed E-state index contributed by atoms with van der Waals surface area (Å²) in [4.78, 5) is 30.3. The standard InChI is InChI=1S/C18H28N2O3/c1-7-14-15(18(22)23-6)11(4)16(19-14)17(21)20(13-8-9-13)12(5)10(2)3/h10,12-13,19H,7-9H2,1-6H3/t12-/m0/s1. The highest BCUT2D eigenvalue weighted by Crippen LogP contribution is 2.33. The summed E-state index contributed by atoms with van der Waals surface area (Å²) in [5, 5.41) is 0. The van der Waals surface area contributed by atoms with Crippen molar-refractivity contribution in [2.45, 2.75) is 66.0 Å². The van der Waals surface area contributed by atoms with Crippen LogP contribution in [-0.2, 0) is 11.2 Å². The Balaban J connectivity index is 2.42. The fraction of sp³-hybridized carbons (Fsp3) is 0.667. The largest absolute Gasteiger partial charge is 0.465 e. The quantitative estimate of drug-likeness (QED) is 0.818. The number of methoxy groups -OCH3 is 1. The number of ether oxygens (including phenoxy) is 1. The minimum absolute atomic E-state index is 0.00365. The van der Waals surface area contributed by atoms with Crippen LogP contribution in [-0.4, -0.2) is 41.0 Å². The molecule has 0 aliphatic heterocycles. The molecule has 0 bridgehead atoms. The van der Waals surface area contributed by atoms with E-state index in [-0.39, 0.29) is 17.9 Å². The van der Waals surface area contributed by atoms with Crippen molar-refractivity contribution in [2.75, 3.05) is 7.11 Å². The lowest BCUT2D eigenvalue weighted by Gasteiger charge is -2.32. The van der Waals surface area contributed by atoms with Crippen LogP contribution in [0, 0.1) is 12.8 Å². The van der Waals surface area contributed by atoms with Crippen LogP contribution in [0.25, 0.3) is 0 Å². The Morgan fingerprint density at radius 3 is 2.35 bits per heavy atom. The van der Waals surface area contributed by atoms with Gasteiger partial charge in [-0.05, 0) is 44.6 Å². The maximum absolute atomic E-state index is 13.1. The molecule has 1 aliphatic rings. The second-order valence-corrected chi connectivity index (χ2v) is 6.75. The van der Waals surface area contributed by atoms with Gasteiger partial charge in [0.25, 0.3) is 5.91 Å². The molecule has 1 fully saturated rings. The molecule has 0 saturated heterocycles. The van der Waals surface area contributed by atoms with Crippen LogP contribution in [0.1, 0.15) is 72.6 Å². The lowest BCUT2D eigenvalue weighted by atomic mass is 10.0. The summed E-state index contributed by atoms with van der Waals surface area (Å²) in [5.74, 6) is 0.00104. The number of rotatable bonds is 6. The van der Waals surface area contributed by atoms with E-state index in [0.29, 0.717) is 35.2 Å². The third-order valence-electron chi connectivity index (χ3n) is 4.86. The Morgan fingerprint density at radius 1 is 1.30 bits per heavy atom. The van der Waals surface area contributed by atoms with Gasteiger partial charge in [0.05, 0.1) is 12.7 Å². The minimum atomic E-state index is -0.385. The summed E-state index contributed by atoms with van der Waals surface area (Å²) in [6, 6.07) is 0.499. The predicted molar refractivity (Wildman–Crippen MR) is 89.7 cm³/mol. The highest BCUT2D eigenvalue weighted by molar-refractivity contribution is 6.00. The van der Waals surface area contributed by atoms with Crippen LogP contribution in [0.15, 0.2) is 0 Å². The van der Waals surface area contributed by atoms with E-state index in [9.17, 15) is 9.59 Å². The summed E-state index contributed by atoms with van der Waals surface area (Å²) in [6.45, 7) is 10.1. The first-order valence-corrected chi connectivity index (χ1v) is 8.45. The summed E-state index contributed by atoms with van der Waals surface area (Å²) in [5.41, 5.74) is 2.50. The molecule has 0 unspecified atom stereocenters. The first-order valence-electron chi connectivity index (χ1n) is 8.45. The van der Waals surface area contributed by atoms with E-state index in [1.54, 1.807) is 0 Å². The Hall–Kier alpha value is -1.78. The molecule has 0 radical (unpaired) electrons. The lowest BCUT2D eigenvalue weighted by Crippen LogP contribution is -2.43. The molecule has 1 N–H and O–H groups in total. The predicted octanol–water partition coefficient (Wildman–Crippen LogP) is 3.32. The molecule has 0 aromatic carbocycles. The molecule has 1 atom stereocenters. The van der Waals surface area contributed by atoms with E-state index in [2.05, 4.69) is 25.8 Å². The maximum atomic E-state index is 13.1. The number of nitrogens with zero attached hydrogens (tertiary/aromatic N) is 1. The Kier molecular flexibility index (Phi) is 5.17. The van der Waals surface area contributed by atoms with E-state index in [0.717, 1.165) is 18.5 Å². The van der Waals surface area contributed by atoms with Crippen molar-refractivity contribution < 1.29 is 14.3 Å².